The molecule has 1 aromatic carbocycles. The Morgan fingerprint density at radius 3 is 2.62 bits per heavy atom. The van der Waals surface area contributed by atoms with Crippen LogP contribution in [-0.4, -0.2) is 63.7 Å². The monoisotopic (exact) mass is 548 g/mol. The first-order chi connectivity index (χ1) is 19.6. The minimum absolute atomic E-state index is 0.511. The fourth-order valence-electron chi connectivity index (χ4n) is 5.81. The van der Waals surface area contributed by atoms with Gasteiger partial charge in [0.1, 0.15) is 11.9 Å². The molecule has 4 aromatic rings. The highest BCUT2D eigenvalue weighted by atomic mass is 32.2. The van der Waals surface area contributed by atoms with E-state index in [-0.39, 0.29) is 0 Å². The first kappa shape index (κ1) is 26.1. The lowest BCUT2D eigenvalue weighted by molar-refractivity contribution is -0.00869. The summed E-state index contributed by atoms with van der Waals surface area (Å²) in [4.78, 5) is 11.2. The van der Waals surface area contributed by atoms with E-state index in [9.17, 15) is 5.26 Å². The quantitative estimate of drug-likeness (QED) is 0.223. The summed E-state index contributed by atoms with van der Waals surface area (Å²) in [5.41, 5.74) is 5.99. The van der Waals surface area contributed by atoms with Crippen LogP contribution >= 0.6 is 11.8 Å². The summed E-state index contributed by atoms with van der Waals surface area (Å²) in [7, 11) is 0. The molecule has 2 bridgehead atoms. The van der Waals surface area contributed by atoms with Crippen molar-refractivity contribution in [2.45, 2.75) is 36.9 Å². The van der Waals surface area contributed by atoms with Gasteiger partial charge in [-0.3, -0.25) is 4.90 Å². The number of allylic oxidation sites excluding steroid dienone is 1. The molecular formula is C31H32N8S. The lowest BCUT2D eigenvalue weighted by atomic mass is 9.86. The van der Waals surface area contributed by atoms with Gasteiger partial charge in [0.25, 0.3) is 0 Å². The van der Waals surface area contributed by atoms with E-state index in [0.29, 0.717) is 17.6 Å². The maximum absolute atomic E-state index is 9.73. The molecule has 7 rings (SSSR count). The number of piperidine rings is 1. The summed E-state index contributed by atoms with van der Waals surface area (Å²) in [6, 6.07) is 18.5. The molecule has 202 valence electrons. The molecule has 6 heterocycles. The van der Waals surface area contributed by atoms with E-state index >= 15 is 0 Å². The van der Waals surface area contributed by atoms with Crippen molar-refractivity contribution in [1.82, 2.24) is 24.8 Å². The molecule has 0 aliphatic carbocycles. The third kappa shape index (κ3) is 4.85. The van der Waals surface area contributed by atoms with Crippen LogP contribution in [0.25, 0.3) is 22.2 Å². The number of benzene rings is 1. The van der Waals surface area contributed by atoms with Gasteiger partial charge >= 0.3 is 0 Å². The van der Waals surface area contributed by atoms with Gasteiger partial charge in [-0.1, -0.05) is 12.1 Å². The Labute approximate surface area is 238 Å². The van der Waals surface area contributed by atoms with Gasteiger partial charge < -0.3 is 15.6 Å². The zero-order valence-corrected chi connectivity index (χ0v) is 23.5. The fraction of sp³-hybridized carbons (Fsp3) is 0.290. The van der Waals surface area contributed by atoms with Crippen molar-refractivity contribution in [3.63, 3.8) is 0 Å². The van der Waals surface area contributed by atoms with Gasteiger partial charge in [-0.2, -0.15) is 10.4 Å². The number of thioether (sulfide) groups is 1. The number of aromatic nitrogens is 3. The molecule has 9 heteroatoms. The SMILES string of the molecule is CCN/C=C(\C=N)c1cc(-c2ccc(N3CC4CC(C3)N4Cc3ccc(SC)cc3)nc2)c2c(C#N)cnn2c1. The first-order valence-corrected chi connectivity index (χ1v) is 14.8. The van der Waals surface area contributed by atoms with Crippen LogP contribution in [0.15, 0.2) is 72.2 Å². The molecule has 3 aromatic heterocycles. The van der Waals surface area contributed by atoms with E-state index in [1.807, 2.05) is 31.6 Å². The second kappa shape index (κ2) is 11.2. The van der Waals surface area contributed by atoms with Crippen molar-refractivity contribution in [2.24, 2.45) is 0 Å². The summed E-state index contributed by atoms with van der Waals surface area (Å²) in [6.07, 6.45) is 11.9. The maximum atomic E-state index is 9.73. The van der Waals surface area contributed by atoms with Gasteiger partial charge in [0, 0.05) is 90.2 Å². The molecule has 3 aliphatic rings. The molecule has 0 saturated carbocycles. The van der Waals surface area contributed by atoms with E-state index in [1.54, 1.807) is 22.5 Å². The molecule has 0 radical (unpaired) electrons. The lowest BCUT2D eigenvalue weighted by Crippen LogP contribution is -2.68. The van der Waals surface area contributed by atoms with E-state index in [1.165, 1.54) is 23.1 Å². The molecule has 3 fully saturated rings. The number of hydrogen-bond donors (Lipinski definition) is 2. The molecule has 3 aliphatic heterocycles. The summed E-state index contributed by atoms with van der Waals surface area (Å²) in [5, 5.41) is 25.2. The Kier molecular flexibility index (Phi) is 7.29. The number of nitrogens with one attached hydrogen (secondary N) is 2. The van der Waals surface area contributed by atoms with E-state index in [4.69, 9.17) is 10.4 Å². The van der Waals surface area contributed by atoms with Gasteiger partial charge in [-0.15, -0.1) is 11.8 Å². The normalized spacial score (nSPS) is 18.8. The number of nitriles is 1. The van der Waals surface area contributed by atoms with Crippen molar-refractivity contribution in [3.05, 3.63) is 83.9 Å². The number of fused-ring (bicyclic) bond motifs is 3. The third-order valence-corrected chi connectivity index (χ3v) is 8.68. The van der Waals surface area contributed by atoms with E-state index < -0.39 is 0 Å². The highest BCUT2D eigenvalue weighted by molar-refractivity contribution is 7.98. The van der Waals surface area contributed by atoms with Crippen LogP contribution in [0.4, 0.5) is 5.82 Å². The Hall–Kier alpha value is -4.13. The largest absolute Gasteiger partial charge is 0.391 e. The Morgan fingerprint density at radius 2 is 1.98 bits per heavy atom. The number of nitrogens with zero attached hydrogens (tertiary/aromatic N) is 6. The molecule has 2 unspecified atom stereocenters. The molecule has 0 amide bonds. The van der Waals surface area contributed by atoms with Crippen molar-refractivity contribution in [3.8, 4) is 17.2 Å². The molecule has 40 heavy (non-hydrogen) atoms. The van der Waals surface area contributed by atoms with Crippen LogP contribution < -0.4 is 10.2 Å². The second-order valence-corrected chi connectivity index (χ2v) is 11.2. The number of piperazine rings is 1. The highest BCUT2D eigenvalue weighted by Crippen LogP contribution is 2.36. The van der Waals surface area contributed by atoms with Crippen LogP contribution in [0.3, 0.4) is 0 Å². The van der Waals surface area contributed by atoms with Crippen LogP contribution in [0, 0.1) is 16.7 Å². The topological polar surface area (TPSA) is 96.3 Å². The zero-order valence-electron chi connectivity index (χ0n) is 22.7. The van der Waals surface area contributed by atoms with Gasteiger partial charge in [0.15, 0.2) is 0 Å². The van der Waals surface area contributed by atoms with Crippen molar-refractivity contribution in [2.75, 3.05) is 30.8 Å². The fourth-order valence-corrected chi connectivity index (χ4v) is 6.22. The molecule has 8 nitrogen and oxygen atoms in total. The standard InChI is InChI=1S/C31H32N8S/c1-3-34-14-24(12-32)23-10-29(31-25(13-33)16-36-39(31)18-23)22-6-9-30(35-15-22)37-19-26-11-27(20-37)38(26)17-21-4-7-28(40-2)8-5-21/h4-10,12,14-16,18,26-27,32,34H,3,11,17,19-20H2,1-2H3/b24-14+,32-12?. The molecular weight excluding hydrogens is 516 g/mol. The molecule has 3 saturated heterocycles. The first-order valence-electron chi connectivity index (χ1n) is 13.6. The van der Waals surface area contributed by atoms with Gasteiger partial charge in [0.2, 0.25) is 0 Å². The Bertz CT molecular complexity index is 1590. The highest BCUT2D eigenvalue weighted by Gasteiger charge is 2.44. The van der Waals surface area contributed by atoms with Crippen molar-refractivity contribution >= 4 is 34.9 Å². The predicted octanol–water partition coefficient (Wildman–Crippen LogP) is 5.05. The van der Waals surface area contributed by atoms with Crippen LogP contribution in [-0.2, 0) is 6.54 Å². The summed E-state index contributed by atoms with van der Waals surface area (Å²) in [6.45, 7) is 5.73. The van der Waals surface area contributed by atoms with Crippen LogP contribution in [0.5, 0.6) is 0 Å². The third-order valence-electron chi connectivity index (χ3n) is 7.93. The minimum atomic E-state index is 0.511. The van der Waals surface area contributed by atoms with Gasteiger partial charge in [-0.25, -0.2) is 9.50 Å². The minimum Gasteiger partial charge on any atom is -0.391 e. The average Bonchev–Trinajstić information content (AvgIpc) is 3.43. The Balaban J connectivity index is 1.23. The van der Waals surface area contributed by atoms with Crippen LogP contribution in [0.2, 0.25) is 0 Å². The number of hydrogen-bond acceptors (Lipinski definition) is 8. The van der Waals surface area contributed by atoms with Crippen molar-refractivity contribution in [1.29, 1.82) is 10.7 Å². The average molecular weight is 549 g/mol. The lowest BCUT2D eigenvalue weighted by Gasteiger charge is -2.56. The maximum Gasteiger partial charge on any atom is 0.128 e. The van der Waals surface area contributed by atoms with Gasteiger partial charge in [0.05, 0.1) is 17.3 Å². The number of rotatable bonds is 9. The smallest absolute Gasteiger partial charge is 0.128 e. The summed E-state index contributed by atoms with van der Waals surface area (Å²) < 4.78 is 1.72. The Morgan fingerprint density at radius 1 is 1.18 bits per heavy atom. The van der Waals surface area contributed by atoms with Gasteiger partial charge in [-0.05, 0) is 55.5 Å². The predicted molar refractivity (Wildman–Crippen MR) is 162 cm³/mol. The number of anilines is 1. The number of pyridine rings is 2. The molecule has 2 atom stereocenters. The van der Waals surface area contributed by atoms with E-state index in [0.717, 1.165) is 59.8 Å². The zero-order chi connectivity index (χ0) is 27.6. The van der Waals surface area contributed by atoms with Crippen LogP contribution in [0.1, 0.15) is 30.0 Å². The molecule has 0 spiro atoms. The molecule has 2 N–H and O–H groups in total. The van der Waals surface area contributed by atoms with E-state index in [2.05, 4.69) is 68.9 Å². The summed E-state index contributed by atoms with van der Waals surface area (Å²) >= 11 is 1.78. The van der Waals surface area contributed by atoms with Crippen molar-refractivity contribution < 1.29 is 0 Å². The second-order valence-electron chi connectivity index (χ2n) is 10.3. The summed E-state index contributed by atoms with van der Waals surface area (Å²) in [5.74, 6) is 0.982.